The van der Waals surface area contributed by atoms with Crippen LogP contribution >= 0.6 is 11.6 Å². The molecule has 0 bridgehead atoms. The molecule has 0 aromatic heterocycles. The van der Waals surface area contributed by atoms with E-state index in [9.17, 15) is 4.79 Å². The third-order valence-electron chi connectivity index (χ3n) is 1.96. The molecule has 1 N–H and O–H groups in total. The van der Waals surface area contributed by atoms with E-state index in [2.05, 4.69) is 0 Å². The van der Waals surface area contributed by atoms with Gasteiger partial charge in [-0.1, -0.05) is 0 Å². The summed E-state index contributed by atoms with van der Waals surface area (Å²) in [6, 6.07) is 6.45. The zero-order chi connectivity index (χ0) is 12.5. The Hall–Kier alpha value is -1.42. The summed E-state index contributed by atoms with van der Waals surface area (Å²) in [4.78, 5) is 10.9. The van der Waals surface area contributed by atoms with Crippen molar-refractivity contribution in [1.29, 1.82) is 0 Å². The van der Waals surface area contributed by atoms with E-state index in [1.165, 1.54) is 0 Å². The number of hydrogen-bond donors (Lipinski definition) is 1. The summed E-state index contributed by atoms with van der Waals surface area (Å²) in [6.07, 6.45) is 0.856. The Morgan fingerprint density at radius 1 is 1.24 bits per heavy atom. The molecule has 0 atom stereocenters. The summed E-state index contributed by atoms with van der Waals surface area (Å²) in [5.74, 6) is 0.870. The van der Waals surface area contributed by atoms with Crippen LogP contribution in [0.5, 0.6) is 11.5 Å². The standard InChI is InChI=1S/C12H15ClO4/c13-7-6-12(15)17-9-1-8-16-11-4-2-10(14)3-5-11/h2-5,14H,1,6-9H2. The minimum atomic E-state index is -0.287. The Morgan fingerprint density at radius 2 is 1.94 bits per heavy atom. The average Bonchev–Trinajstić information content (AvgIpc) is 2.31. The number of rotatable bonds is 7. The summed E-state index contributed by atoms with van der Waals surface area (Å²) >= 11 is 5.38. The van der Waals surface area contributed by atoms with Crippen LogP contribution in [-0.2, 0) is 9.53 Å². The number of carbonyl (C=O) groups excluding carboxylic acids is 1. The molecule has 1 aromatic rings. The third kappa shape index (κ3) is 6.02. The molecule has 94 valence electrons. The van der Waals surface area contributed by atoms with E-state index in [0.29, 0.717) is 25.4 Å². The predicted molar refractivity (Wildman–Crippen MR) is 64.5 cm³/mol. The number of phenols is 1. The highest BCUT2D eigenvalue weighted by molar-refractivity contribution is 6.18. The summed E-state index contributed by atoms with van der Waals surface area (Å²) in [7, 11) is 0. The maximum Gasteiger partial charge on any atom is 0.306 e. The summed E-state index contributed by atoms with van der Waals surface area (Å²) in [6.45, 7) is 0.784. The highest BCUT2D eigenvalue weighted by Gasteiger charge is 2.00. The first kappa shape index (κ1) is 13.6. The number of benzene rings is 1. The molecule has 0 saturated carbocycles. The highest BCUT2D eigenvalue weighted by Crippen LogP contribution is 2.15. The Bertz CT molecular complexity index is 337. The molecule has 17 heavy (non-hydrogen) atoms. The van der Waals surface area contributed by atoms with Gasteiger partial charge in [-0.25, -0.2) is 0 Å². The molecule has 1 rings (SSSR count). The fourth-order valence-corrected chi connectivity index (χ4v) is 1.28. The number of phenolic OH excluding ortho intramolecular Hbond substituents is 1. The van der Waals surface area contributed by atoms with Crippen molar-refractivity contribution in [2.75, 3.05) is 19.1 Å². The van der Waals surface area contributed by atoms with Gasteiger partial charge in [-0.2, -0.15) is 0 Å². The Kier molecular flexibility index (Phi) is 6.25. The Morgan fingerprint density at radius 3 is 2.59 bits per heavy atom. The number of halogens is 1. The lowest BCUT2D eigenvalue weighted by Gasteiger charge is -2.06. The van der Waals surface area contributed by atoms with Crippen LogP contribution < -0.4 is 4.74 Å². The molecule has 0 aliphatic rings. The molecule has 0 heterocycles. The SMILES string of the molecule is O=C(CCCl)OCCCOc1ccc(O)cc1. The maximum atomic E-state index is 10.9. The topological polar surface area (TPSA) is 55.8 Å². The van der Waals surface area contributed by atoms with Crippen molar-refractivity contribution in [1.82, 2.24) is 0 Å². The van der Waals surface area contributed by atoms with Gasteiger partial charge >= 0.3 is 5.97 Å². The summed E-state index contributed by atoms with van der Waals surface area (Å²) < 4.78 is 10.3. The average molecular weight is 259 g/mol. The molecule has 1 aromatic carbocycles. The van der Waals surface area contributed by atoms with Crippen LogP contribution in [0.25, 0.3) is 0 Å². The van der Waals surface area contributed by atoms with Crippen molar-refractivity contribution in [3.05, 3.63) is 24.3 Å². The van der Waals surface area contributed by atoms with Gasteiger partial charge in [-0.05, 0) is 24.3 Å². The quantitative estimate of drug-likeness (QED) is 0.463. The van der Waals surface area contributed by atoms with Crippen LogP contribution in [0.15, 0.2) is 24.3 Å². The number of esters is 1. The minimum absolute atomic E-state index is 0.201. The van der Waals surface area contributed by atoms with E-state index in [0.717, 1.165) is 0 Å². The van der Waals surface area contributed by atoms with E-state index < -0.39 is 0 Å². The zero-order valence-electron chi connectivity index (χ0n) is 9.39. The van der Waals surface area contributed by atoms with Gasteiger partial charge in [0.2, 0.25) is 0 Å². The van der Waals surface area contributed by atoms with Crippen molar-refractivity contribution in [3.8, 4) is 11.5 Å². The first-order valence-corrected chi connectivity index (χ1v) is 5.89. The van der Waals surface area contributed by atoms with Gasteiger partial charge in [-0.3, -0.25) is 4.79 Å². The normalized spacial score (nSPS) is 9.94. The molecule has 0 unspecified atom stereocenters. The Balaban J connectivity index is 2.08. The molecule has 0 radical (unpaired) electrons. The molecular formula is C12H15ClO4. The van der Waals surface area contributed by atoms with Crippen molar-refractivity contribution in [2.24, 2.45) is 0 Å². The van der Waals surface area contributed by atoms with Crippen LogP contribution in [-0.4, -0.2) is 30.2 Å². The number of hydrogen-bond acceptors (Lipinski definition) is 4. The first-order chi connectivity index (χ1) is 8.22. The van der Waals surface area contributed by atoms with Gasteiger partial charge in [0.15, 0.2) is 0 Å². The lowest BCUT2D eigenvalue weighted by Crippen LogP contribution is -2.09. The Labute approximate surface area is 105 Å². The van der Waals surface area contributed by atoms with Crippen LogP contribution in [0.4, 0.5) is 0 Å². The molecule has 0 aliphatic heterocycles. The molecule has 0 spiro atoms. The molecule has 4 nitrogen and oxygen atoms in total. The molecule has 5 heteroatoms. The monoisotopic (exact) mass is 258 g/mol. The van der Waals surface area contributed by atoms with Gasteiger partial charge in [-0.15, -0.1) is 11.6 Å². The molecule has 0 aliphatic carbocycles. The van der Waals surface area contributed by atoms with Gasteiger partial charge in [0, 0.05) is 12.3 Å². The van der Waals surface area contributed by atoms with E-state index >= 15 is 0 Å². The van der Waals surface area contributed by atoms with Crippen LogP contribution in [0.2, 0.25) is 0 Å². The van der Waals surface area contributed by atoms with Gasteiger partial charge < -0.3 is 14.6 Å². The van der Waals surface area contributed by atoms with Crippen LogP contribution in [0, 0.1) is 0 Å². The summed E-state index contributed by atoms with van der Waals surface area (Å²) in [5, 5.41) is 9.05. The predicted octanol–water partition coefficient (Wildman–Crippen LogP) is 2.33. The summed E-state index contributed by atoms with van der Waals surface area (Å²) in [5.41, 5.74) is 0. The van der Waals surface area contributed by atoms with Gasteiger partial charge in [0.25, 0.3) is 0 Å². The lowest BCUT2D eigenvalue weighted by atomic mass is 10.3. The molecule has 0 saturated heterocycles. The highest BCUT2D eigenvalue weighted by atomic mass is 35.5. The van der Waals surface area contributed by atoms with Crippen LogP contribution in [0.1, 0.15) is 12.8 Å². The van der Waals surface area contributed by atoms with E-state index in [-0.39, 0.29) is 24.0 Å². The second-order valence-corrected chi connectivity index (χ2v) is 3.73. The molecule has 0 fully saturated rings. The number of ether oxygens (including phenoxy) is 2. The number of carbonyl (C=O) groups is 1. The minimum Gasteiger partial charge on any atom is -0.508 e. The van der Waals surface area contributed by atoms with Gasteiger partial charge in [0.1, 0.15) is 11.5 Å². The third-order valence-corrected chi connectivity index (χ3v) is 2.14. The number of aromatic hydroxyl groups is 1. The maximum absolute atomic E-state index is 10.9. The van der Waals surface area contributed by atoms with Crippen molar-refractivity contribution < 1.29 is 19.4 Å². The van der Waals surface area contributed by atoms with Crippen LogP contribution in [0.3, 0.4) is 0 Å². The smallest absolute Gasteiger partial charge is 0.306 e. The van der Waals surface area contributed by atoms with E-state index in [1.54, 1.807) is 24.3 Å². The fraction of sp³-hybridized carbons (Fsp3) is 0.417. The fourth-order valence-electron chi connectivity index (χ4n) is 1.13. The van der Waals surface area contributed by atoms with Crippen molar-refractivity contribution in [3.63, 3.8) is 0 Å². The zero-order valence-corrected chi connectivity index (χ0v) is 10.2. The lowest BCUT2D eigenvalue weighted by molar-refractivity contribution is -0.143. The number of alkyl halides is 1. The van der Waals surface area contributed by atoms with E-state index in [4.69, 9.17) is 26.2 Å². The van der Waals surface area contributed by atoms with E-state index in [1.807, 2.05) is 0 Å². The second kappa shape index (κ2) is 7.79. The molecular weight excluding hydrogens is 244 g/mol. The largest absolute Gasteiger partial charge is 0.508 e. The second-order valence-electron chi connectivity index (χ2n) is 3.36. The van der Waals surface area contributed by atoms with Crippen molar-refractivity contribution in [2.45, 2.75) is 12.8 Å². The first-order valence-electron chi connectivity index (χ1n) is 5.36. The van der Waals surface area contributed by atoms with Gasteiger partial charge in [0.05, 0.1) is 19.6 Å². The van der Waals surface area contributed by atoms with Crippen molar-refractivity contribution >= 4 is 17.6 Å². The molecule has 0 amide bonds.